The molecule has 2 aromatic heterocycles. The Balaban J connectivity index is 2.11. The van der Waals surface area contributed by atoms with Gasteiger partial charge in [-0.2, -0.15) is 0 Å². The van der Waals surface area contributed by atoms with Gasteiger partial charge >= 0.3 is 6.17 Å². The van der Waals surface area contributed by atoms with Crippen LogP contribution in [0.4, 0.5) is 5.95 Å². The fourth-order valence-corrected chi connectivity index (χ4v) is 2.57. The molecule has 3 rings (SSSR count). The van der Waals surface area contributed by atoms with Gasteiger partial charge in [0.15, 0.2) is 0 Å². The Bertz CT molecular complexity index is 747. The third-order valence-electron chi connectivity index (χ3n) is 3.71. The van der Waals surface area contributed by atoms with E-state index in [-0.39, 0.29) is 11.7 Å². The van der Waals surface area contributed by atoms with Crippen molar-refractivity contribution in [3.8, 4) is 11.3 Å². The van der Waals surface area contributed by atoms with Crippen molar-refractivity contribution in [1.82, 2.24) is 14.5 Å². The first-order chi connectivity index (χ1) is 10.2. The van der Waals surface area contributed by atoms with Gasteiger partial charge < -0.3 is 0 Å². The molecule has 1 fully saturated rings. The smallest absolute Gasteiger partial charge is 0.290 e. The summed E-state index contributed by atoms with van der Waals surface area (Å²) in [6.45, 7) is 8.04. The van der Waals surface area contributed by atoms with Crippen LogP contribution in [0.15, 0.2) is 35.4 Å². The summed E-state index contributed by atoms with van der Waals surface area (Å²) in [5.74, 6) is 0.563. The van der Waals surface area contributed by atoms with Crippen molar-refractivity contribution in [2.24, 2.45) is 7.05 Å². The molecule has 0 aliphatic carbocycles. The maximum atomic E-state index is 12.2. The normalized spacial score (nSPS) is 17.7. The van der Waals surface area contributed by atoms with Crippen LogP contribution in [-0.2, 0) is 7.05 Å². The predicted molar refractivity (Wildman–Crippen MR) is 79.7 cm³/mol. The van der Waals surface area contributed by atoms with Crippen LogP contribution in [0.2, 0.25) is 0 Å². The third-order valence-corrected chi connectivity index (χ3v) is 3.71. The highest BCUT2D eigenvalue weighted by Gasteiger charge is 2.32. The molecule has 0 saturated carbocycles. The van der Waals surface area contributed by atoms with E-state index in [9.17, 15) is 4.79 Å². The molecule has 1 saturated heterocycles. The molecule has 106 valence electrons. The van der Waals surface area contributed by atoms with Gasteiger partial charge in [0.1, 0.15) is 0 Å². The minimum atomic E-state index is -0.226. The van der Waals surface area contributed by atoms with Gasteiger partial charge in [0.05, 0.1) is 5.69 Å². The number of aromatic nitrogens is 3. The Kier molecular flexibility index (Phi) is 3.40. The molecule has 0 spiro atoms. The standard InChI is InChI=1S/C15H15N5O/c1-16-13-4-3-9-20(13)15-18-12(10-14(21)19(15)2)11-5-7-17-8-6-11/h5-8,10,13H,3-4,9H2,2H3/t13-/m1/s1. The van der Waals surface area contributed by atoms with Crippen molar-refractivity contribution in [3.63, 3.8) is 0 Å². The number of anilines is 1. The van der Waals surface area contributed by atoms with E-state index in [1.165, 1.54) is 10.6 Å². The van der Waals surface area contributed by atoms with Gasteiger partial charge in [0, 0.05) is 44.0 Å². The fraction of sp³-hybridized carbons (Fsp3) is 0.333. The fourth-order valence-electron chi connectivity index (χ4n) is 2.57. The van der Waals surface area contributed by atoms with E-state index in [2.05, 4.69) is 14.8 Å². The average Bonchev–Trinajstić information content (AvgIpc) is 2.99. The van der Waals surface area contributed by atoms with Gasteiger partial charge in [-0.25, -0.2) is 11.6 Å². The molecule has 21 heavy (non-hydrogen) atoms. The minimum Gasteiger partial charge on any atom is -0.290 e. The van der Waals surface area contributed by atoms with Crippen LogP contribution < -0.4 is 10.5 Å². The maximum absolute atomic E-state index is 12.2. The first-order valence-corrected chi connectivity index (χ1v) is 6.82. The molecule has 3 heterocycles. The van der Waals surface area contributed by atoms with Crippen LogP contribution in [0.5, 0.6) is 0 Å². The Morgan fingerprint density at radius 1 is 1.38 bits per heavy atom. The lowest BCUT2D eigenvalue weighted by Crippen LogP contribution is -2.33. The zero-order valence-electron chi connectivity index (χ0n) is 11.7. The monoisotopic (exact) mass is 281 g/mol. The molecular weight excluding hydrogens is 266 g/mol. The Morgan fingerprint density at radius 3 is 2.86 bits per heavy atom. The highest BCUT2D eigenvalue weighted by atomic mass is 16.1. The highest BCUT2D eigenvalue weighted by molar-refractivity contribution is 5.59. The minimum absolute atomic E-state index is 0.123. The molecule has 0 radical (unpaired) electrons. The van der Waals surface area contributed by atoms with Gasteiger partial charge in [0.2, 0.25) is 5.95 Å². The highest BCUT2D eigenvalue weighted by Crippen LogP contribution is 2.25. The van der Waals surface area contributed by atoms with Gasteiger partial charge in [-0.05, 0) is 18.6 Å². The largest absolute Gasteiger partial charge is 0.300 e. The van der Waals surface area contributed by atoms with E-state index in [1.54, 1.807) is 19.4 Å². The zero-order valence-corrected chi connectivity index (χ0v) is 11.7. The summed E-state index contributed by atoms with van der Waals surface area (Å²) in [4.78, 5) is 26.3. The first kappa shape index (κ1) is 13.3. The second kappa shape index (κ2) is 5.37. The summed E-state index contributed by atoms with van der Waals surface area (Å²) in [5, 5.41) is 0. The summed E-state index contributed by atoms with van der Waals surface area (Å²) < 4.78 is 1.51. The van der Waals surface area contributed by atoms with Gasteiger partial charge in [-0.3, -0.25) is 24.1 Å². The van der Waals surface area contributed by atoms with Crippen molar-refractivity contribution in [2.45, 2.75) is 19.0 Å². The van der Waals surface area contributed by atoms with Crippen molar-refractivity contribution in [1.29, 1.82) is 0 Å². The molecule has 6 heteroatoms. The summed E-state index contributed by atoms with van der Waals surface area (Å²) >= 11 is 0. The number of hydrogen-bond donors (Lipinski definition) is 0. The van der Waals surface area contributed by atoms with Crippen LogP contribution in [0, 0.1) is 6.57 Å². The molecule has 0 N–H and O–H groups in total. The Morgan fingerprint density at radius 2 is 2.14 bits per heavy atom. The number of rotatable bonds is 2. The van der Waals surface area contributed by atoms with E-state index in [1.807, 2.05) is 17.0 Å². The van der Waals surface area contributed by atoms with Crippen molar-refractivity contribution in [3.05, 3.63) is 52.4 Å². The topological polar surface area (TPSA) is 55.4 Å². The summed E-state index contributed by atoms with van der Waals surface area (Å²) in [6, 6.07) is 5.16. The number of pyridine rings is 1. The molecular formula is C15H15N5O. The molecule has 1 atom stereocenters. The molecule has 0 unspecified atom stereocenters. The van der Waals surface area contributed by atoms with Crippen LogP contribution in [0.1, 0.15) is 12.8 Å². The van der Waals surface area contributed by atoms with Crippen LogP contribution in [0.3, 0.4) is 0 Å². The SMILES string of the molecule is [C-]#[N+][C@H]1CCCN1c1nc(-c2ccncc2)cc(=O)n1C. The van der Waals surface area contributed by atoms with E-state index < -0.39 is 0 Å². The van der Waals surface area contributed by atoms with Crippen molar-refractivity contribution >= 4 is 5.95 Å². The lowest BCUT2D eigenvalue weighted by atomic mass is 10.2. The summed E-state index contributed by atoms with van der Waals surface area (Å²) in [6.07, 6.45) is 4.88. The van der Waals surface area contributed by atoms with Crippen molar-refractivity contribution < 1.29 is 0 Å². The Labute approximate surface area is 122 Å². The van der Waals surface area contributed by atoms with E-state index in [0.29, 0.717) is 11.6 Å². The lowest BCUT2D eigenvalue weighted by molar-refractivity contribution is 0.719. The molecule has 2 aromatic rings. The summed E-state index contributed by atoms with van der Waals surface area (Å²) in [7, 11) is 1.69. The predicted octanol–water partition coefficient (Wildman–Crippen LogP) is 1.69. The van der Waals surface area contributed by atoms with Gasteiger partial charge in [0.25, 0.3) is 5.56 Å². The third kappa shape index (κ3) is 2.38. The first-order valence-electron chi connectivity index (χ1n) is 6.82. The van der Waals surface area contributed by atoms with Gasteiger partial charge in [-0.15, -0.1) is 0 Å². The molecule has 0 amide bonds. The van der Waals surface area contributed by atoms with Crippen LogP contribution in [0.25, 0.3) is 16.1 Å². The van der Waals surface area contributed by atoms with Crippen LogP contribution >= 0.6 is 0 Å². The molecule has 1 aliphatic heterocycles. The second-order valence-corrected chi connectivity index (χ2v) is 5.02. The molecule has 0 aromatic carbocycles. The maximum Gasteiger partial charge on any atom is 0.300 e. The Hall–Kier alpha value is -2.68. The van der Waals surface area contributed by atoms with Crippen LogP contribution in [-0.4, -0.2) is 27.2 Å². The number of nitrogens with zero attached hydrogens (tertiary/aromatic N) is 5. The summed E-state index contributed by atoms with van der Waals surface area (Å²) in [5.41, 5.74) is 1.34. The number of hydrogen-bond acceptors (Lipinski definition) is 4. The van der Waals surface area contributed by atoms with Crippen molar-refractivity contribution in [2.75, 3.05) is 11.4 Å². The lowest BCUT2D eigenvalue weighted by Gasteiger charge is -2.20. The van der Waals surface area contributed by atoms with E-state index >= 15 is 0 Å². The zero-order chi connectivity index (χ0) is 14.8. The quantitative estimate of drug-likeness (QED) is 0.786. The molecule has 0 bridgehead atoms. The molecule has 6 nitrogen and oxygen atoms in total. The van der Waals surface area contributed by atoms with E-state index in [0.717, 1.165) is 24.9 Å². The van der Waals surface area contributed by atoms with Gasteiger partial charge in [-0.1, -0.05) is 0 Å². The molecule has 1 aliphatic rings. The second-order valence-electron chi connectivity index (χ2n) is 5.02. The van der Waals surface area contributed by atoms with E-state index in [4.69, 9.17) is 6.57 Å². The average molecular weight is 281 g/mol.